The molecule has 0 bridgehead atoms. The highest BCUT2D eigenvalue weighted by Gasteiger charge is 2.31. The van der Waals surface area contributed by atoms with E-state index in [1.54, 1.807) is 25.1 Å². The summed E-state index contributed by atoms with van der Waals surface area (Å²) in [5, 5.41) is 5.29. The van der Waals surface area contributed by atoms with E-state index in [9.17, 15) is 27.3 Å². The van der Waals surface area contributed by atoms with Gasteiger partial charge in [0.25, 0.3) is 5.91 Å². The van der Waals surface area contributed by atoms with Crippen LogP contribution in [-0.4, -0.2) is 21.6 Å². The number of nitrogens with one attached hydrogen (secondary N) is 3. The highest BCUT2D eigenvalue weighted by molar-refractivity contribution is 8.01. The van der Waals surface area contributed by atoms with Gasteiger partial charge in [-0.15, -0.1) is 11.8 Å². The smallest absolute Gasteiger partial charge is 0.416 e. The second kappa shape index (κ2) is 9.61. The molecular formula is C23H18F3N3O3S2. The molecule has 0 fully saturated rings. The fourth-order valence-electron chi connectivity index (χ4n) is 3.14. The van der Waals surface area contributed by atoms with Gasteiger partial charge in [-0.25, -0.2) is 4.72 Å². The number of anilines is 3. The Labute approximate surface area is 200 Å². The standard InChI is InChI=1S/C23H18F3N3O3S2/c1-13-21(30)28-19-11-14(5-10-20(19)33-13)22(31)27-16-6-8-18(9-7-16)34(32)29-17-4-2-3-15(12-17)23(24,25)26/h2-13,29H,1H3,(H,27,31)(H,28,30). The van der Waals surface area contributed by atoms with Crippen molar-refractivity contribution in [3.8, 4) is 0 Å². The topological polar surface area (TPSA) is 93.3 Å². The monoisotopic (exact) mass is 505 g/mol. The summed E-state index contributed by atoms with van der Waals surface area (Å²) in [5.74, 6) is -0.519. The van der Waals surface area contributed by atoms with Crippen molar-refractivity contribution in [2.75, 3.05) is 15.4 Å². The Balaban J connectivity index is 1.41. The minimum atomic E-state index is -4.50. The summed E-state index contributed by atoms with van der Waals surface area (Å²) in [6, 6.07) is 15.5. The number of carbonyl (C=O) groups excluding carboxylic acids is 2. The van der Waals surface area contributed by atoms with Crippen molar-refractivity contribution in [3.05, 3.63) is 77.9 Å². The number of thioether (sulfide) groups is 1. The molecule has 11 heteroatoms. The minimum Gasteiger partial charge on any atom is -0.588 e. The predicted molar refractivity (Wildman–Crippen MR) is 126 cm³/mol. The summed E-state index contributed by atoms with van der Waals surface area (Å²) in [7, 11) is 0. The van der Waals surface area contributed by atoms with Crippen LogP contribution in [-0.2, 0) is 22.3 Å². The van der Waals surface area contributed by atoms with E-state index in [2.05, 4.69) is 15.4 Å². The van der Waals surface area contributed by atoms with E-state index < -0.39 is 29.0 Å². The van der Waals surface area contributed by atoms with Crippen molar-refractivity contribution in [3.63, 3.8) is 0 Å². The fraction of sp³-hybridized carbons (Fsp3) is 0.130. The summed E-state index contributed by atoms with van der Waals surface area (Å²) < 4.78 is 53.6. The zero-order valence-electron chi connectivity index (χ0n) is 17.6. The van der Waals surface area contributed by atoms with Gasteiger partial charge in [0, 0.05) is 16.1 Å². The molecule has 2 amide bonds. The summed E-state index contributed by atoms with van der Waals surface area (Å²) in [5.41, 5.74) is 0.592. The molecule has 176 valence electrons. The summed E-state index contributed by atoms with van der Waals surface area (Å²) >= 11 is -0.390. The van der Waals surface area contributed by atoms with Gasteiger partial charge in [0.05, 0.1) is 22.2 Å². The SMILES string of the molecule is CC1Sc2ccc(C(=O)Nc3ccc([S+]([O-])Nc4cccc(C(F)(F)F)c4)cc3)cc2NC1=O. The van der Waals surface area contributed by atoms with Crippen molar-refractivity contribution in [2.24, 2.45) is 0 Å². The number of halogens is 3. The van der Waals surface area contributed by atoms with Crippen LogP contribution in [0.3, 0.4) is 0 Å². The Kier molecular flexibility index (Phi) is 6.78. The van der Waals surface area contributed by atoms with Crippen LogP contribution >= 0.6 is 11.8 Å². The van der Waals surface area contributed by atoms with Gasteiger partial charge in [0.15, 0.2) is 4.90 Å². The molecule has 0 aromatic heterocycles. The van der Waals surface area contributed by atoms with Crippen LogP contribution in [0.2, 0.25) is 0 Å². The van der Waals surface area contributed by atoms with E-state index in [1.807, 2.05) is 0 Å². The molecule has 0 aliphatic carbocycles. The molecule has 3 aromatic carbocycles. The third kappa shape index (κ3) is 5.49. The zero-order valence-corrected chi connectivity index (χ0v) is 19.2. The third-order valence-corrected chi connectivity index (χ3v) is 7.20. The van der Waals surface area contributed by atoms with Crippen molar-refractivity contribution in [1.82, 2.24) is 0 Å². The maximum atomic E-state index is 12.9. The number of benzene rings is 3. The minimum absolute atomic E-state index is 0.0672. The molecule has 1 aliphatic rings. The average Bonchev–Trinajstić information content (AvgIpc) is 2.79. The van der Waals surface area contributed by atoms with Crippen LogP contribution in [0.25, 0.3) is 0 Å². The number of rotatable bonds is 5. The van der Waals surface area contributed by atoms with Gasteiger partial charge in [-0.2, -0.15) is 13.2 Å². The van der Waals surface area contributed by atoms with Crippen molar-refractivity contribution >= 4 is 52.0 Å². The van der Waals surface area contributed by atoms with E-state index in [0.717, 1.165) is 17.0 Å². The second-order valence-corrected chi connectivity index (χ2v) is 9.98. The van der Waals surface area contributed by atoms with Gasteiger partial charge >= 0.3 is 6.18 Å². The lowest BCUT2D eigenvalue weighted by Crippen LogP contribution is -2.26. The fourth-order valence-corrected chi connectivity index (χ4v) is 4.91. The maximum absolute atomic E-state index is 12.9. The molecule has 6 nitrogen and oxygen atoms in total. The van der Waals surface area contributed by atoms with Crippen LogP contribution < -0.4 is 15.4 Å². The van der Waals surface area contributed by atoms with E-state index in [1.165, 1.54) is 48.2 Å². The normalized spacial score (nSPS) is 16.3. The highest BCUT2D eigenvalue weighted by Crippen LogP contribution is 2.36. The molecule has 1 aliphatic heterocycles. The lowest BCUT2D eigenvalue weighted by molar-refractivity contribution is -0.137. The third-order valence-electron chi connectivity index (χ3n) is 4.90. The first-order valence-electron chi connectivity index (χ1n) is 9.99. The Morgan fingerprint density at radius 2 is 1.79 bits per heavy atom. The predicted octanol–water partition coefficient (Wildman–Crippen LogP) is 5.53. The molecule has 3 aromatic rings. The van der Waals surface area contributed by atoms with E-state index in [-0.39, 0.29) is 16.8 Å². The first kappa shape index (κ1) is 24.0. The molecule has 0 spiro atoms. The number of alkyl halides is 3. The zero-order chi connectivity index (χ0) is 24.5. The quantitative estimate of drug-likeness (QED) is 0.397. The molecule has 0 radical (unpaired) electrons. The number of fused-ring (bicyclic) bond motifs is 1. The van der Waals surface area contributed by atoms with Crippen LogP contribution in [0.1, 0.15) is 22.8 Å². The van der Waals surface area contributed by atoms with Gasteiger partial charge in [0.2, 0.25) is 5.91 Å². The van der Waals surface area contributed by atoms with E-state index >= 15 is 0 Å². The molecule has 2 unspecified atom stereocenters. The molecular weight excluding hydrogens is 487 g/mol. The van der Waals surface area contributed by atoms with Crippen LogP contribution in [0, 0.1) is 0 Å². The first-order chi connectivity index (χ1) is 16.1. The lowest BCUT2D eigenvalue weighted by atomic mass is 10.1. The number of hydrogen-bond donors (Lipinski definition) is 3. The summed E-state index contributed by atoms with van der Waals surface area (Å²) in [4.78, 5) is 25.7. The van der Waals surface area contributed by atoms with Crippen molar-refractivity contribution in [2.45, 2.75) is 28.1 Å². The number of carbonyl (C=O) groups is 2. The van der Waals surface area contributed by atoms with Gasteiger partial charge in [-0.1, -0.05) is 6.07 Å². The van der Waals surface area contributed by atoms with Crippen molar-refractivity contribution in [1.29, 1.82) is 0 Å². The van der Waals surface area contributed by atoms with Crippen LogP contribution in [0.5, 0.6) is 0 Å². The molecule has 0 saturated heterocycles. The van der Waals surface area contributed by atoms with Crippen LogP contribution in [0.4, 0.5) is 30.2 Å². The number of hydrogen-bond acceptors (Lipinski definition) is 5. The van der Waals surface area contributed by atoms with Crippen LogP contribution in [0.15, 0.2) is 76.5 Å². The Bertz CT molecular complexity index is 1240. The Morgan fingerprint density at radius 1 is 1.06 bits per heavy atom. The largest absolute Gasteiger partial charge is 0.588 e. The molecule has 1 heterocycles. The highest BCUT2D eigenvalue weighted by atomic mass is 32.2. The summed E-state index contributed by atoms with van der Waals surface area (Å²) in [6.45, 7) is 1.80. The summed E-state index contributed by atoms with van der Waals surface area (Å²) in [6.07, 6.45) is -4.50. The Hall–Kier alpha value is -3.15. The Morgan fingerprint density at radius 3 is 2.50 bits per heavy atom. The van der Waals surface area contributed by atoms with E-state index in [0.29, 0.717) is 21.8 Å². The van der Waals surface area contributed by atoms with Gasteiger partial charge in [-0.3, -0.25) is 9.59 Å². The molecule has 4 rings (SSSR count). The average molecular weight is 506 g/mol. The van der Waals surface area contributed by atoms with E-state index in [4.69, 9.17) is 0 Å². The first-order valence-corrected chi connectivity index (χ1v) is 12.0. The molecule has 0 saturated carbocycles. The molecule has 34 heavy (non-hydrogen) atoms. The van der Waals surface area contributed by atoms with Gasteiger partial charge in [-0.05, 0) is 67.6 Å². The lowest BCUT2D eigenvalue weighted by Gasteiger charge is -2.21. The second-order valence-electron chi connectivity index (χ2n) is 7.39. The number of amides is 2. The van der Waals surface area contributed by atoms with Gasteiger partial charge < -0.3 is 15.2 Å². The van der Waals surface area contributed by atoms with Gasteiger partial charge in [0.1, 0.15) is 11.4 Å². The maximum Gasteiger partial charge on any atom is 0.416 e. The molecule has 2 atom stereocenters. The molecule has 3 N–H and O–H groups in total. The van der Waals surface area contributed by atoms with Crippen molar-refractivity contribution < 1.29 is 27.3 Å².